The highest BCUT2D eigenvalue weighted by Crippen LogP contribution is 2.36. The van der Waals surface area contributed by atoms with Gasteiger partial charge in [-0.15, -0.1) is 0 Å². The van der Waals surface area contributed by atoms with E-state index in [4.69, 9.17) is 11.6 Å². The van der Waals surface area contributed by atoms with Crippen LogP contribution in [0.25, 0.3) is 0 Å². The molecule has 0 saturated carbocycles. The van der Waals surface area contributed by atoms with Crippen LogP contribution in [0.4, 0.5) is 11.4 Å². The summed E-state index contributed by atoms with van der Waals surface area (Å²) in [6, 6.07) is 9.88. The Labute approximate surface area is 169 Å². The second kappa shape index (κ2) is 6.75. The summed E-state index contributed by atoms with van der Waals surface area (Å²) in [6.45, 7) is 4.92. The van der Waals surface area contributed by atoms with E-state index in [2.05, 4.69) is 4.72 Å². The number of benzene rings is 2. The molecule has 3 rings (SSSR count). The zero-order chi connectivity index (χ0) is 20.9. The van der Waals surface area contributed by atoms with Gasteiger partial charge in [-0.1, -0.05) is 17.7 Å². The van der Waals surface area contributed by atoms with Crippen molar-refractivity contribution in [2.45, 2.75) is 25.7 Å². The molecule has 2 aromatic carbocycles. The number of anilines is 2. The van der Waals surface area contributed by atoms with E-state index >= 15 is 0 Å². The molecule has 1 heterocycles. The number of carbonyl (C=O) groups excluding carboxylic acids is 1. The minimum Gasteiger partial charge on any atom is -0.280 e. The number of nitrogens with one attached hydrogen (secondary N) is 1. The molecule has 28 heavy (non-hydrogen) atoms. The third kappa shape index (κ3) is 3.74. The van der Waals surface area contributed by atoms with Crippen molar-refractivity contribution in [2.75, 3.05) is 14.8 Å². The standard InChI is InChI=1S/C18H19ClN2O5S2/c1-12-4-5-13(10-16(12)19)20-28(25,26)15-8-6-14(7-9-15)21-17(22)18(2,3)11-27(21,23)24/h4-10,20H,11H2,1-3H3. The molecule has 0 unspecified atom stereocenters. The second-order valence-electron chi connectivity index (χ2n) is 7.27. The summed E-state index contributed by atoms with van der Waals surface area (Å²) >= 11 is 6.02. The van der Waals surface area contributed by atoms with Gasteiger partial charge in [-0.2, -0.15) is 0 Å². The molecule has 10 heteroatoms. The van der Waals surface area contributed by atoms with Gasteiger partial charge in [0.2, 0.25) is 15.9 Å². The summed E-state index contributed by atoms with van der Waals surface area (Å²) in [6.07, 6.45) is 0. The third-order valence-corrected chi connectivity index (χ3v) is 8.21. The number of amides is 1. The summed E-state index contributed by atoms with van der Waals surface area (Å²) in [5.41, 5.74) is 0.190. The van der Waals surface area contributed by atoms with E-state index in [9.17, 15) is 21.6 Å². The largest absolute Gasteiger partial charge is 0.280 e. The lowest BCUT2D eigenvalue weighted by molar-refractivity contribution is -0.123. The Morgan fingerprint density at radius 3 is 2.21 bits per heavy atom. The van der Waals surface area contributed by atoms with Gasteiger partial charge in [0.25, 0.3) is 10.0 Å². The van der Waals surface area contributed by atoms with Crippen LogP contribution in [0.3, 0.4) is 0 Å². The van der Waals surface area contributed by atoms with Gasteiger partial charge in [-0.3, -0.25) is 9.52 Å². The number of halogens is 1. The van der Waals surface area contributed by atoms with Gasteiger partial charge in [-0.25, -0.2) is 21.1 Å². The molecule has 1 amide bonds. The number of sulfonamides is 2. The van der Waals surface area contributed by atoms with Crippen LogP contribution in [0.1, 0.15) is 19.4 Å². The number of carbonyl (C=O) groups is 1. The molecule has 1 fully saturated rings. The molecular weight excluding hydrogens is 424 g/mol. The Morgan fingerprint density at radius 1 is 1.11 bits per heavy atom. The average Bonchev–Trinajstić information content (AvgIpc) is 2.74. The van der Waals surface area contributed by atoms with Crippen molar-refractivity contribution in [1.29, 1.82) is 0 Å². The first kappa shape index (κ1) is 20.6. The van der Waals surface area contributed by atoms with Crippen LogP contribution >= 0.6 is 11.6 Å². The first-order valence-corrected chi connectivity index (χ1v) is 11.8. The summed E-state index contributed by atoms with van der Waals surface area (Å²) in [7, 11) is -7.71. The van der Waals surface area contributed by atoms with Crippen molar-refractivity contribution < 1.29 is 21.6 Å². The summed E-state index contributed by atoms with van der Waals surface area (Å²) in [5, 5.41) is 0.427. The summed E-state index contributed by atoms with van der Waals surface area (Å²) in [5.74, 6) is -0.843. The summed E-state index contributed by atoms with van der Waals surface area (Å²) in [4.78, 5) is 12.4. The molecule has 1 N–H and O–H groups in total. The fraction of sp³-hybridized carbons (Fsp3) is 0.278. The van der Waals surface area contributed by atoms with Crippen molar-refractivity contribution in [2.24, 2.45) is 5.41 Å². The van der Waals surface area contributed by atoms with Gasteiger partial charge in [0.1, 0.15) is 0 Å². The minimum absolute atomic E-state index is 0.0729. The monoisotopic (exact) mass is 442 g/mol. The lowest BCUT2D eigenvalue weighted by atomic mass is 9.95. The topological polar surface area (TPSA) is 101 Å². The minimum atomic E-state index is -3.91. The highest BCUT2D eigenvalue weighted by molar-refractivity contribution is 7.94. The molecule has 0 bridgehead atoms. The Morgan fingerprint density at radius 2 is 1.71 bits per heavy atom. The van der Waals surface area contributed by atoms with Crippen LogP contribution in [-0.2, 0) is 24.8 Å². The average molecular weight is 443 g/mol. The van der Waals surface area contributed by atoms with Crippen molar-refractivity contribution >= 4 is 48.9 Å². The lowest BCUT2D eigenvalue weighted by Gasteiger charge is -2.18. The maximum absolute atomic E-state index is 12.6. The fourth-order valence-electron chi connectivity index (χ4n) is 2.89. The molecule has 0 radical (unpaired) electrons. The van der Waals surface area contributed by atoms with Crippen molar-refractivity contribution in [3.63, 3.8) is 0 Å². The summed E-state index contributed by atoms with van der Waals surface area (Å²) < 4.78 is 53.0. The van der Waals surface area contributed by atoms with E-state index in [0.717, 1.165) is 9.87 Å². The number of nitrogens with zero attached hydrogens (tertiary/aromatic N) is 1. The SMILES string of the molecule is Cc1ccc(NS(=O)(=O)c2ccc(N3C(=O)C(C)(C)CS3(=O)=O)cc2)cc1Cl. The molecule has 1 saturated heterocycles. The van der Waals surface area contributed by atoms with E-state index in [-0.39, 0.29) is 16.3 Å². The van der Waals surface area contributed by atoms with E-state index in [0.29, 0.717) is 10.7 Å². The number of rotatable bonds is 4. The number of aryl methyl sites for hydroxylation is 1. The second-order valence-corrected chi connectivity index (χ2v) is 11.2. The van der Waals surface area contributed by atoms with Gasteiger partial charge in [0, 0.05) is 5.02 Å². The Bertz CT molecular complexity index is 1160. The zero-order valence-electron chi connectivity index (χ0n) is 15.4. The number of hydrogen-bond donors (Lipinski definition) is 1. The van der Waals surface area contributed by atoms with Gasteiger partial charge in [0.15, 0.2) is 0 Å². The molecule has 0 aromatic heterocycles. The predicted molar refractivity (Wildman–Crippen MR) is 108 cm³/mol. The quantitative estimate of drug-likeness (QED) is 0.783. The smallest absolute Gasteiger partial charge is 0.261 e. The maximum Gasteiger partial charge on any atom is 0.261 e. The highest BCUT2D eigenvalue weighted by Gasteiger charge is 2.49. The van der Waals surface area contributed by atoms with Crippen LogP contribution in [0.2, 0.25) is 5.02 Å². The fourth-order valence-corrected chi connectivity index (χ4v) is 6.23. The van der Waals surface area contributed by atoms with Gasteiger partial charge in [0.05, 0.1) is 27.4 Å². The van der Waals surface area contributed by atoms with E-state index in [1.807, 2.05) is 0 Å². The lowest BCUT2D eigenvalue weighted by Crippen LogP contribution is -2.32. The van der Waals surface area contributed by atoms with E-state index in [1.165, 1.54) is 30.3 Å². The predicted octanol–water partition coefficient (Wildman–Crippen LogP) is 3.15. The molecule has 7 nitrogen and oxygen atoms in total. The molecule has 0 aliphatic carbocycles. The molecule has 0 spiro atoms. The molecule has 150 valence electrons. The molecular formula is C18H19ClN2O5S2. The van der Waals surface area contributed by atoms with E-state index < -0.39 is 31.4 Å². The molecule has 1 aliphatic heterocycles. The van der Waals surface area contributed by atoms with Crippen LogP contribution in [0.15, 0.2) is 47.4 Å². The van der Waals surface area contributed by atoms with Gasteiger partial charge in [-0.05, 0) is 62.7 Å². The maximum atomic E-state index is 12.6. The van der Waals surface area contributed by atoms with Crippen LogP contribution in [0.5, 0.6) is 0 Å². The number of hydrogen-bond acceptors (Lipinski definition) is 5. The van der Waals surface area contributed by atoms with Gasteiger partial charge < -0.3 is 0 Å². The van der Waals surface area contributed by atoms with Crippen molar-refractivity contribution in [3.05, 3.63) is 53.1 Å². The van der Waals surface area contributed by atoms with Crippen molar-refractivity contribution in [3.8, 4) is 0 Å². The molecule has 1 aliphatic rings. The first-order chi connectivity index (χ1) is 12.8. The first-order valence-electron chi connectivity index (χ1n) is 8.30. The molecule has 2 aromatic rings. The van der Waals surface area contributed by atoms with Crippen LogP contribution in [0, 0.1) is 12.3 Å². The molecule has 0 atom stereocenters. The highest BCUT2D eigenvalue weighted by atomic mass is 35.5. The van der Waals surface area contributed by atoms with Gasteiger partial charge >= 0.3 is 0 Å². The normalized spacial score (nSPS) is 18.3. The zero-order valence-corrected chi connectivity index (χ0v) is 17.8. The van der Waals surface area contributed by atoms with Crippen LogP contribution in [-0.4, -0.2) is 28.5 Å². The van der Waals surface area contributed by atoms with E-state index in [1.54, 1.807) is 32.9 Å². The Kier molecular flexibility index (Phi) is 4.97. The Balaban J connectivity index is 1.90. The third-order valence-electron chi connectivity index (χ3n) is 4.39. The van der Waals surface area contributed by atoms with Crippen LogP contribution < -0.4 is 9.03 Å². The Hall–Kier alpha value is -2.10. The van der Waals surface area contributed by atoms with Crippen molar-refractivity contribution in [1.82, 2.24) is 0 Å².